The van der Waals surface area contributed by atoms with Gasteiger partial charge in [0, 0.05) is 35.4 Å². The van der Waals surface area contributed by atoms with Crippen molar-refractivity contribution in [2.45, 2.75) is 39.0 Å². The molecule has 2 aliphatic rings. The predicted octanol–water partition coefficient (Wildman–Crippen LogP) is 5.64. The zero-order valence-corrected chi connectivity index (χ0v) is 18.3. The number of carbonyl (C=O) groups excluding carboxylic acids is 1. The number of rotatable bonds is 8. The standard InChI is InChI=1S/C24H25N5OS/c1-15-12-17(29-31-14-24(7-8-24)9-10-25)4-5-18(15)20-13-21(28-23(30)16-2-3-16)27-22-19(20)6-11-26-22/h4-6,11-13,16,29H,2-3,7-9,14H2,1H3,(H2,26,27,28,30). The normalized spacial score (nSPS) is 16.6. The second-order valence-electron chi connectivity index (χ2n) is 8.81. The highest BCUT2D eigenvalue weighted by atomic mass is 32.2. The van der Waals surface area contributed by atoms with E-state index >= 15 is 0 Å². The molecular weight excluding hydrogens is 406 g/mol. The largest absolute Gasteiger partial charge is 0.346 e. The van der Waals surface area contributed by atoms with E-state index in [0.29, 0.717) is 12.2 Å². The van der Waals surface area contributed by atoms with Crippen molar-refractivity contribution in [2.75, 3.05) is 15.8 Å². The maximum absolute atomic E-state index is 12.2. The van der Waals surface area contributed by atoms with Crippen LogP contribution in [0.4, 0.5) is 11.5 Å². The number of aromatic amines is 1. The average molecular weight is 432 g/mol. The molecule has 6 nitrogen and oxygen atoms in total. The number of aryl methyl sites for hydroxylation is 1. The first kappa shape index (κ1) is 20.0. The highest BCUT2D eigenvalue weighted by molar-refractivity contribution is 8.00. The van der Waals surface area contributed by atoms with E-state index in [1.165, 1.54) is 0 Å². The second-order valence-corrected chi connectivity index (χ2v) is 9.60. The van der Waals surface area contributed by atoms with Crippen LogP contribution in [0.1, 0.15) is 37.7 Å². The van der Waals surface area contributed by atoms with Crippen LogP contribution in [0.25, 0.3) is 22.2 Å². The number of hydrogen-bond donors (Lipinski definition) is 3. The van der Waals surface area contributed by atoms with Gasteiger partial charge < -0.3 is 15.0 Å². The van der Waals surface area contributed by atoms with Gasteiger partial charge in [0.2, 0.25) is 5.91 Å². The van der Waals surface area contributed by atoms with Crippen molar-refractivity contribution in [3.63, 3.8) is 0 Å². The van der Waals surface area contributed by atoms with Crippen molar-refractivity contribution in [3.8, 4) is 17.2 Å². The van der Waals surface area contributed by atoms with Crippen molar-refractivity contribution >= 4 is 40.4 Å². The molecule has 0 atom stereocenters. The summed E-state index contributed by atoms with van der Waals surface area (Å²) >= 11 is 1.68. The molecule has 2 aromatic heterocycles. The Kier molecular flexibility index (Phi) is 5.11. The summed E-state index contributed by atoms with van der Waals surface area (Å²) < 4.78 is 3.44. The van der Waals surface area contributed by atoms with Crippen LogP contribution >= 0.6 is 11.9 Å². The van der Waals surface area contributed by atoms with Gasteiger partial charge in [-0.2, -0.15) is 5.26 Å². The summed E-state index contributed by atoms with van der Waals surface area (Å²) in [6.45, 7) is 2.10. The lowest BCUT2D eigenvalue weighted by molar-refractivity contribution is -0.117. The molecule has 1 amide bonds. The quantitative estimate of drug-likeness (QED) is 0.401. The summed E-state index contributed by atoms with van der Waals surface area (Å²) in [5.41, 5.74) is 5.37. The molecule has 2 saturated carbocycles. The number of carbonyl (C=O) groups is 1. The molecule has 0 spiro atoms. The number of nitriles is 1. The minimum absolute atomic E-state index is 0.0579. The number of anilines is 2. The van der Waals surface area contributed by atoms with E-state index in [-0.39, 0.29) is 17.2 Å². The van der Waals surface area contributed by atoms with Gasteiger partial charge in [-0.1, -0.05) is 18.0 Å². The van der Waals surface area contributed by atoms with Crippen molar-refractivity contribution in [3.05, 3.63) is 42.1 Å². The van der Waals surface area contributed by atoms with Crippen LogP contribution in [-0.4, -0.2) is 21.6 Å². The molecule has 0 saturated heterocycles. The van der Waals surface area contributed by atoms with E-state index < -0.39 is 0 Å². The number of nitrogens with zero attached hydrogens (tertiary/aromatic N) is 2. The second kappa shape index (κ2) is 7.93. The fourth-order valence-corrected chi connectivity index (χ4v) is 4.98. The van der Waals surface area contributed by atoms with Gasteiger partial charge in [0.25, 0.3) is 0 Å². The SMILES string of the molecule is Cc1cc(NSCC2(CC#N)CC2)ccc1-c1cc(NC(=O)C2CC2)nc2[nH]ccc12. The molecule has 0 unspecified atom stereocenters. The molecule has 5 rings (SSSR count). The fraction of sp³-hybridized carbons (Fsp3) is 0.375. The van der Waals surface area contributed by atoms with Crippen LogP contribution in [-0.2, 0) is 4.79 Å². The number of aromatic nitrogens is 2. The molecule has 2 heterocycles. The van der Waals surface area contributed by atoms with Crippen LogP contribution in [0, 0.1) is 29.6 Å². The molecule has 158 valence electrons. The van der Waals surface area contributed by atoms with Crippen molar-refractivity contribution in [1.82, 2.24) is 9.97 Å². The minimum atomic E-state index is 0.0579. The van der Waals surface area contributed by atoms with Gasteiger partial charge in [0.1, 0.15) is 11.5 Å². The fourth-order valence-electron chi connectivity index (χ4n) is 3.92. The van der Waals surface area contributed by atoms with Crippen molar-refractivity contribution < 1.29 is 4.79 Å². The zero-order chi connectivity index (χ0) is 21.4. The van der Waals surface area contributed by atoms with Gasteiger partial charge in [-0.25, -0.2) is 4.98 Å². The summed E-state index contributed by atoms with van der Waals surface area (Å²) in [5, 5.41) is 13.0. The first-order valence-electron chi connectivity index (χ1n) is 10.7. The van der Waals surface area contributed by atoms with Gasteiger partial charge >= 0.3 is 0 Å². The van der Waals surface area contributed by atoms with E-state index in [1.807, 2.05) is 18.3 Å². The van der Waals surface area contributed by atoms with Crippen molar-refractivity contribution in [1.29, 1.82) is 5.26 Å². The van der Waals surface area contributed by atoms with Crippen LogP contribution in [0.15, 0.2) is 36.5 Å². The Balaban J connectivity index is 1.36. The molecule has 2 aliphatic carbocycles. The molecule has 2 fully saturated rings. The summed E-state index contributed by atoms with van der Waals surface area (Å²) in [6, 6.07) is 12.7. The lowest BCUT2D eigenvalue weighted by Gasteiger charge is -2.14. The lowest BCUT2D eigenvalue weighted by atomic mass is 9.98. The topological polar surface area (TPSA) is 93.6 Å². The predicted molar refractivity (Wildman–Crippen MR) is 126 cm³/mol. The van der Waals surface area contributed by atoms with Gasteiger partial charge in [-0.15, -0.1) is 0 Å². The molecule has 1 aromatic carbocycles. The number of hydrogen-bond acceptors (Lipinski definition) is 5. The van der Waals surface area contributed by atoms with Gasteiger partial charge in [0.05, 0.1) is 6.07 Å². The minimum Gasteiger partial charge on any atom is -0.346 e. The Morgan fingerprint density at radius 1 is 1.29 bits per heavy atom. The van der Waals surface area contributed by atoms with E-state index in [4.69, 9.17) is 5.26 Å². The Morgan fingerprint density at radius 2 is 2.13 bits per heavy atom. The average Bonchev–Trinajstić information content (AvgIpc) is 3.67. The maximum Gasteiger partial charge on any atom is 0.228 e. The summed E-state index contributed by atoms with van der Waals surface area (Å²) in [7, 11) is 0. The molecule has 0 bridgehead atoms. The van der Waals surface area contributed by atoms with Crippen molar-refractivity contribution in [2.24, 2.45) is 11.3 Å². The molecule has 0 radical (unpaired) electrons. The molecule has 3 aromatic rings. The molecule has 3 N–H and O–H groups in total. The highest BCUT2D eigenvalue weighted by Gasteiger charge is 2.42. The van der Waals surface area contributed by atoms with Crippen LogP contribution in [0.2, 0.25) is 0 Å². The Labute approximate surface area is 186 Å². The van der Waals surface area contributed by atoms with Crippen LogP contribution < -0.4 is 10.0 Å². The third kappa shape index (κ3) is 4.26. The van der Waals surface area contributed by atoms with Gasteiger partial charge in [-0.3, -0.25) is 4.79 Å². The van der Waals surface area contributed by atoms with Crippen LogP contribution in [0.3, 0.4) is 0 Å². The molecule has 0 aliphatic heterocycles. The number of amides is 1. The summed E-state index contributed by atoms with van der Waals surface area (Å²) in [4.78, 5) is 20.0. The number of H-pyrrole nitrogens is 1. The molecular formula is C24H25N5OS. The smallest absolute Gasteiger partial charge is 0.228 e. The Bertz CT molecular complexity index is 1190. The summed E-state index contributed by atoms with van der Waals surface area (Å²) in [6.07, 6.45) is 6.76. The summed E-state index contributed by atoms with van der Waals surface area (Å²) in [5.74, 6) is 1.74. The van der Waals surface area contributed by atoms with E-state index in [1.54, 1.807) is 11.9 Å². The number of nitrogens with one attached hydrogen (secondary N) is 3. The van der Waals surface area contributed by atoms with Gasteiger partial charge in [0.15, 0.2) is 0 Å². The third-order valence-corrected chi connectivity index (χ3v) is 7.36. The lowest BCUT2D eigenvalue weighted by Crippen LogP contribution is -2.14. The van der Waals surface area contributed by atoms with E-state index in [0.717, 1.165) is 64.8 Å². The number of benzene rings is 1. The monoisotopic (exact) mass is 431 g/mol. The van der Waals surface area contributed by atoms with E-state index in [9.17, 15) is 4.79 Å². The Hall–Kier alpha value is -2.98. The first-order chi connectivity index (χ1) is 15.1. The molecule has 31 heavy (non-hydrogen) atoms. The van der Waals surface area contributed by atoms with Crippen LogP contribution in [0.5, 0.6) is 0 Å². The third-order valence-electron chi connectivity index (χ3n) is 6.22. The maximum atomic E-state index is 12.2. The zero-order valence-electron chi connectivity index (χ0n) is 17.5. The van der Waals surface area contributed by atoms with Gasteiger partial charge in [-0.05, 0) is 79.0 Å². The number of fused-ring (bicyclic) bond motifs is 1. The molecule has 7 heteroatoms. The Morgan fingerprint density at radius 3 is 2.84 bits per heavy atom. The first-order valence-corrected chi connectivity index (χ1v) is 11.7. The van der Waals surface area contributed by atoms with E-state index in [2.05, 4.69) is 51.2 Å². The highest BCUT2D eigenvalue weighted by Crippen LogP contribution is 2.50. The number of pyridine rings is 1.